The van der Waals surface area contributed by atoms with E-state index in [2.05, 4.69) is 5.32 Å². The Balaban J connectivity index is 2.33. The van der Waals surface area contributed by atoms with Gasteiger partial charge in [-0.25, -0.2) is 4.79 Å². The minimum absolute atomic E-state index is 0.124. The average molecular weight is 215 g/mol. The van der Waals surface area contributed by atoms with Gasteiger partial charge in [0.1, 0.15) is 0 Å². The molecule has 15 heavy (non-hydrogen) atoms. The van der Waals surface area contributed by atoms with Crippen molar-refractivity contribution in [3.8, 4) is 0 Å². The fourth-order valence-electron chi connectivity index (χ4n) is 1.86. The molecule has 1 aliphatic rings. The van der Waals surface area contributed by atoms with Crippen LogP contribution in [0.25, 0.3) is 0 Å². The molecule has 0 saturated heterocycles. The van der Waals surface area contributed by atoms with E-state index < -0.39 is 12.1 Å². The lowest BCUT2D eigenvalue weighted by Crippen LogP contribution is -2.43. The topological polar surface area (TPSA) is 75.6 Å². The summed E-state index contributed by atoms with van der Waals surface area (Å²) in [5.41, 5.74) is -0.238. The average Bonchev–Trinajstić information content (AvgIpc) is 2.09. The van der Waals surface area contributed by atoms with Gasteiger partial charge in [-0.05, 0) is 25.2 Å². The molecule has 0 bridgehead atoms. The van der Waals surface area contributed by atoms with Crippen molar-refractivity contribution in [3.63, 3.8) is 0 Å². The zero-order valence-corrected chi connectivity index (χ0v) is 8.91. The molecule has 0 radical (unpaired) electrons. The third-order valence-electron chi connectivity index (χ3n) is 2.82. The van der Waals surface area contributed by atoms with E-state index in [-0.39, 0.29) is 11.8 Å². The summed E-state index contributed by atoms with van der Waals surface area (Å²) < 4.78 is 4.71. The van der Waals surface area contributed by atoms with Crippen LogP contribution in [0.15, 0.2) is 0 Å². The van der Waals surface area contributed by atoms with Gasteiger partial charge in [0.25, 0.3) is 0 Å². The molecular weight excluding hydrogens is 198 g/mol. The Morgan fingerprint density at radius 3 is 2.53 bits per heavy atom. The van der Waals surface area contributed by atoms with Gasteiger partial charge in [0.15, 0.2) is 0 Å². The van der Waals surface area contributed by atoms with Crippen molar-refractivity contribution < 1.29 is 19.4 Å². The number of hydrogen-bond donors (Lipinski definition) is 2. The van der Waals surface area contributed by atoms with Gasteiger partial charge >= 0.3 is 12.1 Å². The Hall–Kier alpha value is -1.26. The lowest BCUT2D eigenvalue weighted by atomic mass is 9.66. The Kier molecular flexibility index (Phi) is 3.94. The molecule has 0 heterocycles. The lowest BCUT2D eigenvalue weighted by Gasteiger charge is -2.40. The van der Waals surface area contributed by atoms with Crippen LogP contribution in [-0.4, -0.2) is 30.3 Å². The molecule has 0 spiro atoms. The number of hydrogen-bond acceptors (Lipinski definition) is 3. The highest BCUT2D eigenvalue weighted by atomic mass is 16.5. The monoisotopic (exact) mass is 215 g/mol. The second-order valence-corrected chi connectivity index (χ2v) is 4.00. The molecule has 2 N–H and O–H groups in total. The summed E-state index contributed by atoms with van der Waals surface area (Å²) in [7, 11) is 0. The van der Waals surface area contributed by atoms with Crippen LogP contribution in [0.1, 0.15) is 32.6 Å². The summed E-state index contributed by atoms with van der Waals surface area (Å²) in [6, 6.07) is 0. The maximum absolute atomic E-state index is 11.0. The molecule has 0 aromatic heterocycles. The maximum Gasteiger partial charge on any atom is 0.407 e. The highest BCUT2D eigenvalue weighted by Gasteiger charge is 2.39. The summed E-state index contributed by atoms with van der Waals surface area (Å²) >= 11 is 0. The van der Waals surface area contributed by atoms with Crippen molar-refractivity contribution in [2.24, 2.45) is 5.41 Å². The molecule has 1 rings (SSSR count). The molecule has 5 heteroatoms. The molecular formula is C10H17NO4. The summed E-state index contributed by atoms with van der Waals surface area (Å²) in [6.07, 6.45) is 2.43. The quantitative estimate of drug-likeness (QED) is 0.726. The number of ether oxygens (including phenoxy) is 1. The van der Waals surface area contributed by atoms with Crippen LogP contribution in [0.3, 0.4) is 0 Å². The maximum atomic E-state index is 11.0. The van der Waals surface area contributed by atoms with Crippen LogP contribution in [0.5, 0.6) is 0 Å². The first-order valence-electron chi connectivity index (χ1n) is 5.20. The summed E-state index contributed by atoms with van der Waals surface area (Å²) in [6.45, 7) is 2.46. The van der Waals surface area contributed by atoms with Crippen molar-refractivity contribution in [1.29, 1.82) is 0 Å². The van der Waals surface area contributed by atoms with Gasteiger partial charge in [-0.2, -0.15) is 0 Å². The van der Waals surface area contributed by atoms with E-state index in [4.69, 9.17) is 9.84 Å². The van der Waals surface area contributed by atoms with E-state index in [9.17, 15) is 9.59 Å². The summed E-state index contributed by atoms with van der Waals surface area (Å²) in [4.78, 5) is 21.7. The van der Waals surface area contributed by atoms with Gasteiger partial charge in [0.2, 0.25) is 0 Å². The van der Waals surface area contributed by atoms with Gasteiger partial charge in [0.05, 0.1) is 13.0 Å². The predicted octanol–water partition coefficient (Wildman–Crippen LogP) is 1.38. The highest BCUT2D eigenvalue weighted by Crippen LogP contribution is 2.43. The molecule has 0 aliphatic heterocycles. The van der Waals surface area contributed by atoms with Crippen LogP contribution in [0.4, 0.5) is 4.79 Å². The lowest BCUT2D eigenvalue weighted by molar-refractivity contribution is -0.141. The molecule has 1 aliphatic carbocycles. The standard InChI is InChI=1S/C10H17NO4/c1-2-15-9(14)11-7-10(4-3-5-10)6-8(12)13/h2-7H2,1H3,(H,11,14)(H,12,13). The smallest absolute Gasteiger partial charge is 0.407 e. The van der Waals surface area contributed by atoms with Crippen molar-refractivity contribution in [3.05, 3.63) is 0 Å². The van der Waals surface area contributed by atoms with Crippen molar-refractivity contribution in [2.75, 3.05) is 13.2 Å². The van der Waals surface area contributed by atoms with Gasteiger partial charge in [-0.1, -0.05) is 6.42 Å². The van der Waals surface area contributed by atoms with Crippen LogP contribution in [0.2, 0.25) is 0 Å². The van der Waals surface area contributed by atoms with Crippen LogP contribution >= 0.6 is 0 Å². The Labute approximate surface area is 88.8 Å². The molecule has 1 fully saturated rings. The number of carboxylic acids is 1. The number of rotatable bonds is 5. The van der Waals surface area contributed by atoms with E-state index in [0.717, 1.165) is 19.3 Å². The SMILES string of the molecule is CCOC(=O)NCC1(CC(=O)O)CCC1. The molecule has 86 valence electrons. The fourth-order valence-corrected chi connectivity index (χ4v) is 1.86. The van der Waals surface area contributed by atoms with E-state index in [1.54, 1.807) is 6.92 Å². The Morgan fingerprint density at radius 1 is 1.47 bits per heavy atom. The molecule has 5 nitrogen and oxygen atoms in total. The first-order chi connectivity index (χ1) is 7.08. The zero-order valence-electron chi connectivity index (χ0n) is 8.91. The minimum atomic E-state index is -0.805. The predicted molar refractivity (Wildman–Crippen MR) is 53.6 cm³/mol. The zero-order chi connectivity index (χ0) is 11.3. The first kappa shape index (κ1) is 11.8. The number of amides is 1. The second kappa shape index (κ2) is 5.00. The molecule has 0 aromatic rings. The Morgan fingerprint density at radius 2 is 2.13 bits per heavy atom. The van der Waals surface area contributed by atoms with Gasteiger partial charge in [0, 0.05) is 6.54 Å². The van der Waals surface area contributed by atoms with Gasteiger partial charge in [-0.3, -0.25) is 4.79 Å². The van der Waals surface area contributed by atoms with E-state index in [1.807, 2.05) is 0 Å². The van der Waals surface area contributed by atoms with Crippen molar-refractivity contribution >= 4 is 12.1 Å². The third-order valence-corrected chi connectivity index (χ3v) is 2.82. The van der Waals surface area contributed by atoms with E-state index >= 15 is 0 Å². The summed E-state index contributed by atoms with van der Waals surface area (Å²) in [5.74, 6) is -0.805. The van der Waals surface area contributed by atoms with Crippen LogP contribution < -0.4 is 5.32 Å². The molecule has 1 saturated carbocycles. The number of carbonyl (C=O) groups is 2. The number of nitrogens with one attached hydrogen (secondary N) is 1. The van der Waals surface area contributed by atoms with Crippen LogP contribution in [-0.2, 0) is 9.53 Å². The fraction of sp³-hybridized carbons (Fsp3) is 0.800. The molecule has 0 unspecified atom stereocenters. The van der Waals surface area contributed by atoms with Gasteiger partial charge in [-0.15, -0.1) is 0 Å². The van der Waals surface area contributed by atoms with E-state index in [1.165, 1.54) is 0 Å². The van der Waals surface area contributed by atoms with Gasteiger partial charge < -0.3 is 15.2 Å². The molecule has 0 atom stereocenters. The normalized spacial score (nSPS) is 17.7. The highest BCUT2D eigenvalue weighted by molar-refractivity contribution is 5.69. The second-order valence-electron chi connectivity index (χ2n) is 4.00. The van der Waals surface area contributed by atoms with Crippen molar-refractivity contribution in [2.45, 2.75) is 32.6 Å². The third kappa shape index (κ3) is 3.42. The van der Waals surface area contributed by atoms with Crippen LogP contribution in [0, 0.1) is 5.41 Å². The number of aliphatic carboxylic acids is 1. The van der Waals surface area contributed by atoms with Crippen molar-refractivity contribution in [1.82, 2.24) is 5.32 Å². The number of carbonyl (C=O) groups excluding carboxylic acids is 1. The first-order valence-corrected chi connectivity index (χ1v) is 5.20. The number of alkyl carbamates (subject to hydrolysis) is 1. The number of carboxylic acid groups (broad SMARTS) is 1. The minimum Gasteiger partial charge on any atom is -0.481 e. The molecule has 0 aromatic carbocycles. The summed E-state index contributed by atoms with van der Waals surface area (Å²) in [5, 5.41) is 11.3. The molecule has 1 amide bonds. The van der Waals surface area contributed by atoms with E-state index in [0.29, 0.717) is 13.2 Å². The Bertz CT molecular complexity index is 248. The largest absolute Gasteiger partial charge is 0.481 e.